The SMILES string of the molecule is CCCC1CCC2(F)CC(c3ccc(OCC)c(F)c3F)CC2(F)CC1. The van der Waals surface area contributed by atoms with Crippen LogP contribution in [0.3, 0.4) is 0 Å². The van der Waals surface area contributed by atoms with Crippen molar-refractivity contribution in [2.24, 2.45) is 5.92 Å². The van der Waals surface area contributed by atoms with Gasteiger partial charge in [-0.1, -0.05) is 25.8 Å². The first-order valence-electron chi connectivity index (χ1n) is 9.82. The molecule has 0 radical (unpaired) electrons. The van der Waals surface area contributed by atoms with Crippen molar-refractivity contribution in [2.45, 2.75) is 82.5 Å². The number of ether oxygens (including phenoxy) is 1. The van der Waals surface area contributed by atoms with Crippen LogP contribution in [0.1, 0.15) is 76.7 Å². The van der Waals surface area contributed by atoms with Crippen LogP contribution in [0.4, 0.5) is 17.6 Å². The van der Waals surface area contributed by atoms with E-state index in [2.05, 4.69) is 6.92 Å². The lowest BCUT2D eigenvalue weighted by Gasteiger charge is -2.31. The van der Waals surface area contributed by atoms with E-state index in [-0.39, 0.29) is 43.6 Å². The molecule has 2 saturated carbocycles. The smallest absolute Gasteiger partial charge is 0.200 e. The predicted molar refractivity (Wildman–Crippen MR) is 94.0 cm³/mol. The third kappa shape index (κ3) is 3.34. The zero-order chi connectivity index (χ0) is 18.9. The lowest BCUT2D eigenvalue weighted by atomic mass is 9.85. The third-order valence-corrected chi connectivity index (χ3v) is 6.35. The number of hydrogen-bond donors (Lipinski definition) is 0. The van der Waals surface area contributed by atoms with Crippen molar-refractivity contribution in [1.82, 2.24) is 0 Å². The van der Waals surface area contributed by atoms with E-state index in [1.807, 2.05) is 0 Å². The molecule has 146 valence electrons. The number of hydrogen-bond acceptors (Lipinski definition) is 1. The average Bonchev–Trinajstić information content (AvgIpc) is 2.80. The fourth-order valence-corrected chi connectivity index (χ4v) is 4.93. The molecule has 0 saturated heterocycles. The Morgan fingerprint density at radius 2 is 1.62 bits per heavy atom. The van der Waals surface area contributed by atoms with E-state index < -0.39 is 28.9 Å². The third-order valence-electron chi connectivity index (χ3n) is 6.35. The van der Waals surface area contributed by atoms with Gasteiger partial charge in [-0.15, -0.1) is 0 Å². The van der Waals surface area contributed by atoms with Crippen LogP contribution in [0.2, 0.25) is 0 Å². The lowest BCUT2D eigenvalue weighted by Crippen LogP contribution is -2.41. The molecule has 2 fully saturated rings. The van der Waals surface area contributed by atoms with Crippen molar-refractivity contribution in [3.8, 4) is 5.75 Å². The highest BCUT2D eigenvalue weighted by Gasteiger charge is 2.61. The van der Waals surface area contributed by atoms with Crippen LogP contribution in [-0.2, 0) is 0 Å². The van der Waals surface area contributed by atoms with Gasteiger partial charge in [-0.25, -0.2) is 13.2 Å². The number of fused-ring (bicyclic) bond motifs is 1. The van der Waals surface area contributed by atoms with Crippen molar-refractivity contribution >= 4 is 0 Å². The Morgan fingerprint density at radius 3 is 2.15 bits per heavy atom. The Bertz CT molecular complexity index is 627. The number of rotatable bonds is 5. The van der Waals surface area contributed by atoms with Crippen LogP contribution in [-0.4, -0.2) is 17.9 Å². The lowest BCUT2D eigenvalue weighted by molar-refractivity contribution is -0.0198. The Kier molecular flexibility index (Phi) is 5.55. The summed E-state index contributed by atoms with van der Waals surface area (Å²) >= 11 is 0. The van der Waals surface area contributed by atoms with Crippen molar-refractivity contribution in [3.05, 3.63) is 29.3 Å². The molecular formula is C21H28F4O. The Labute approximate surface area is 153 Å². The fourth-order valence-electron chi connectivity index (χ4n) is 4.93. The molecule has 1 nitrogen and oxygen atoms in total. The average molecular weight is 372 g/mol. The van der Waals surface area contributed by atoms with Crippen LogP contribution < -0.4 is 4.74 Å². The molecule has 2 aliphatic rings. The van der Waals surface area contributed by atoms with Crippen molar-refractivity contribution in [3.63, 3.8) is 0 Å². The van der Waals surface area contributed by atoms with Crippen LogP contribution in [0.25, 0.3) is 0 Å². The Hall–Kier alpha value is -1.26. The van der Waals surface area contributed by atoms with Gasteiger partial charge in [0.2, 0.25) is 5.82 Å². The summed E-state index contributed by atoms with van der Waals surface area (Å²) in [6, 6.07) is 2.78. The van der Waals surface area contributed by atoms with Gasteiger partial charge in [-0.2, -0.15) is 4.39 Å². The van der Waals surface area contributed by atoms with Crippen LogP contribution >= 0.6 is 0 Å². The highest BCUT2D eigenvalue weighted by atomic mass is 19.2. The van der Waals surface area contributed by atoms with E-state index in [4.69, 9.17) is 4.74 Å². The molecule has 0 amide bonds. The molecule has 0 heterocycles. The zero-order valence-electron chi connectivity index (χ0n) is 15.6. The summed E-state index contributed by atoms with van der Waals surface area (Å²) < 4.78 is 64.9. The largest absolute Gasteiger partial charge is 0.491 e. The summed E-state index contributed by atoms with van der Waals surface area (Å²) in [7, 11) is 0. The highest BCUT2D eigenvalue weighted by Crippen LogP contribution is 2.58. The first-order valence-corrected chi connectivity index (χ1v) is 9.82. The van der Waals surface area contributed by atoms with Gasteiger partial charge in [0.1, 0.15) is 11.3 Å². The maximum Gasteiger partial charge on any atom is 0.200 e. The molecule has 0 aliphatic heterocycles. The first kappa shape index (κ1) is 19.5. The maximum absolute atomic E-state index is 15.6. The van der Waals surface area contributed by atoms with E-state index in [9.17, 15) is 8.78 Å². The molecule has 3 rings (SSSR count). The van der Waals surface area contributed by atoms with Crippen LogP contribution in [0, 0.1) is 17.6 Å². The second kappa shape index (κ2) is 7.40. The standard InChI is InChI=1S/C21H28F4O/c1-3-5-14-8-10-20(24)12-15(13-21(20,25)11-9-14)16-6-7-17(26-4-2)19(23)18(16)22/h6-7,14-15H,3-5,8-13H2,1-2H3. The second-order valence-electron chi connectivity index (χ2n) is 7.98. The number of halogens is 4. The minimum atomic E-state index is -1.94. The van der Waals surface area contributed by atoms with Gasteiger partial charge in [-0.05, 0) is 68.9 Å². The molecule has 0 bridgehead atoms. The van der Waals surface area contributed by atoms with E-state index >= 15 is 8.78 Å². The molecule has 5 heteroatoms. The number of alkyl halides is 2. The normalized spacial score (nSPS) is 34.4. The summed E-state index contributed by atoms with van der Waals surface area (Å²) in [4.78, 5) is 0. The van der Waals surface area contributed by atoms with Gasteiger partial charge < -0.3 is 4.74 Å². The summed E-state index contributed by atoms with van der Waals surface area (Å²) in [5, 5.41) is 0. The highest BCUT2D eigenvalue weighted by molar-refractivity contribution is 5.35. The monoisotopic (exact) mass is 372 g/mol. The molecule has 2 unspecified atom stereocenters. The second-order valence-corrected chi connectivity index (χ2v) is 7.98. The van der Waals surface area contributed by atoms with Gasteiger partial charge in [0.25, 0.3) is 0 Å². The minimum absolute atomic E-state index is 0.0678. The summed E-state index contributed by atoms with van der Waals surface area (Å²) in [6.07, 6.45) is 3.54. The van der Waals surface area contributed by atoms with Crippen molar-refractivity contribution < 1.29 is 22.3 Å². The first-order chi connectivity index (χ1) is 12.3. The molecule has 26 heavy (non-hydrogen) atoms. The van der Waals surface area contributed by atoms with E-state index in [0.29, 0.717) is 18.8 Å². The molecular weight excluding hydrogens is 344 g/mol. The zero-order valence-corrected chi connectivity index (χ0v) is 15.6. The van der Waals surface area contributed by atoms with Crippen LogP contribution in [0.5, 0.6) is 5.75 Å². The van der Waals surface area contributed by atoms with Crippen molar-refractivity contribution in [2.75, 3.05) is 6.61 Å². The van der Waals surface area contributed by atoms with Gasteiger partial charge in [-0.3, -0.25) is 0 Å². The molecule has 2 aliphatic carbocycles. The van der Waals surface area contributed by atoms with Gasteiger partial charge in [0.05, 0.1) is 6.61 Å². The predicted octanol–water partition coefficient (Wildman–Crippen LogP) is 6.65. The molecule has 0 spiro atoms. The Morgan fingerprint density at radius 1 is 1.00 bits per heavy atom. The molecule has 0 aromatic heterocycles. The Balaban J connectivity index is 1.83. The van der Waals surface area contributed by atoms with E-state index in [1.54, 1.807) is 6.92 Å². The molecule has 1 aromatic rings. The topological polar surface area (TPSA) is 9.23 Å². The number of benzene rings is 1. The maximum atomic E-state index is 15.6. The van der Waals surface area contributed by atoms with E-state index in [1.165, 1.54) is 12.1 Å². The summed E-state index contributed by atoms with van der Waals surface area (Å²) in [5.74, 6) is -2.54. The van der Waals surface area contributed by atoms with Gasteiger partial charge >= 0.3 is 0 Å². The fraction of sp³-hybridized carbons (Fsp3) is 0.714. The van der Waals surface area contributed by atoms with Crippen LogP contribution in [0.15, 0.2) is 12.1 Å². The van der Waals surface area contributed by atoms with Gasteiger partial charge in [0, 0.05) is 0 Å². The molecule has 0 N–H and O–H groups in total. The van der Waals surface area contributed by atoms with Crippen molar-refractivity contribution in [1.29, 1.82) is 0 Å². The van der Waals surface area contributed by atoms with E-state index in [0.717, 1.165) is 12.8 Å². The summed E-state index contributed by atoms with van der Waals surface area (Å²) in [6.45, 7) is 3.99. The summed E-state index contributed by atoms with van der Waals surface area (Å²) in [5.41, 5.74) is -3.82. The minimum Gasteiger partial charge on any atom is -0.491 e. The quantitative estimate of drug-likeness (QED) is 0.526. The van der Waals surface area contributed by atoms with Gasteiger partial charge in [0.15, 0.2) is 11.6 Å². The molecule has 2 atom stereocenters. The molecule has 1 aromatic carbocycles.